The summed E-state index contributed by atoms with van der Waals surface area (Å²) in [6.45, 7) is 2.72. The Balaban J connectivity index is 1.58. The van der Waals surface area contributed by atoms with Crippen LogP contribution in [0.5, 0.6) is 0 Å². The minimum absolute atomic E-state index is 0.0981. The molecule has 0 unspecified atom stereocenters. The van der Waals surface area contributed by atoms with Gasteiger partial charge in [0.2, 0.25) is 0 Å². The number of halogens is 2. The zero-order valence-electron chi connectivity index (χ0n) is 14.6. The molecule has 0 atom stereocenters. The van der Waals surface area contributed by atoms with Crippen molar-refractivity contribution >= 4 is 23.5 Å². The summed E-state index contributed by atoms with van der Waals surface area (Å²) in [5, 5.41) is 13.2. The summed E-state index contributed by atoms with van der Waals surface area (Å²) in [5.74, 6) is -1.45. The summed E-state index contributed by atoms with van der Waals surface area (Å²) in [7, 11) is 0. The molecular formula is C18H20ClFN4O3. The number of carbonyl (C=O) groups is 2. The van der Waals surface area contributed by atoms with Crippen molar-refractivity contribution in [1.29, 1.82) is 0 Å². The van der Waals surface area contributed by atoms with Crippen LogP contribution >= 0.6 is 11.6 Å². The zero-order valence-corrected chi connectivity index (χ0v) is 15.4. The number of carboxylic acid groups (broad SMARTS) is 1. The van der Waals surface area contributed by atoms with E-state index in [9.17, 15) is 14.0 Å². The van der Waals surface area contributed by atoms with Crippen LogP contribution in [0.2, 0.25) is 5.02 Å². The molecule has 0 aliphatic carbocycles. The summed E-state index contributed by atoms with van der Waals surface area (Å²) < 4.78 is 15.4. The lowest BCUT2D eigenvalue weighted by molar-refractivity contribution is -0.137. The van der Waals surface area contributed by atoms with Crippen LogP contribution < -0.4 is 0 Å². The van der Waals surface area contributed by atoms with Crippen molar-refractivity contribution in [3.05, 3.63) is 52.6 Å². The maximum absolute atomic E-state index is 13.9. The van der Waals surface area contributed by atoms with E-state index >= 15 is 0 Å². The maximum atomic E-state index is 13.9. The quantitative estimate of drug-likeness (QED) is 0.811. The Hall–Kier alpha value is -2.45. The van der Waals surface area contributed by atoms with Crippen molar-refractivity contribution in [2.24, 2.45) is 0 Å². The topological polar surface area (TPSA) is 78.7 Å². The number of hydrogen-bond donors (Lipinski definition) is 1. The Morgan fingerprint density at radius 3 is 2.59 bits per heavy atom. The van der Waals surface area contributed by atoms with Gasteiger partial charge in [-0.3, -0.25) is 19.2 Å². The molecule has 1 N–H and O–H groups in total. The molecule has 9 heteroatoms. The Labute approximate surface area is 160 Å². The maximum Gasteiger partial charge on any atom is 0.305 e. The lowest BCUT2D eigenvalue weighted by Crippen LogP contribution is -2.48. The van der Waals surface area contributed by atoms with E-state index in [1.54, 1.807) is 23.1 Å². The summed E-state index contributed by atoms with van der Waals surface area (Å²) in [6, 6.07) is 6.22. The summed E-state index contributed by atoms with van der Waals surface area (Å²) in [6.07, 6.45) is 1.39. The van der Waals surface area contributed by atoms with Crippen LogP contribution in [-0.2, 0) is 17.9 Å². The minimum atomic E-state index is -0.940. The molecule has 1 aromatic carbocycles. The molecule has 1 amide bonds. The first-order chi connectivity index (χ1) is 13.0. The van der Waals surface area contributed by atoms with E-state index in [0.29, 0.717) is 49.0 Å². The summed E-state index contributed by atoms with van der Waals surface area (Å²) >= 11 is 6.08. The standard InChI is InChI=1S/C18H20ClFN4O3/c19-14-2-1-3-15(20)13(14)12-22-8-10-23(11-9-22)18(27)16-4-6-21-24(16)7-5-17(25)26/h1-4,6H,5,7-12H2,(H,25,26). The number of rotatable bonds is 6. The van der Waals surface area contributed by atoms with Gasteiger partial charge in [-0.25, -0.2) is 4.39 Å². The minimum Gasteiger partial charge on any atom is -0.481 e. The third-order valence-electron chi connectivity index (χ3n) is 4.58. The molecule has 0 saturated carbocycles. The molecule has 3 rings (SSSR count). The van der Waals surface area contributed by atoms with Crippen molar-refractivity contribution in [3.63, 3.8) is 0 Å². The van der Waals surface area contributed by atoms with Crippen molar-refractivity contribution in [3.8, 4) is 0 Å². The van der Waals surface area contributed by atoms with Gasteiger partial charge < -0.3 is 10.0 Å². The van der Waals surface area contributed by atoms with Crippen molar-refractivity contribution < 1.29 is 19.1 Å². The first-order valence-corrected chi connectivity index (χ1v) is 9.01. The second-order valence-electron chi connectivity index (χ2n) is 6.35. The van der Waals surface area contributed by atoms with Crippen molar-refractivity contribution in [2.45, 2.75) is 19.5 Å². The van der Waals surface area contributed by atoms with Gasteiger partial charge in [0, 0.05) is 49.5 Å². The number of aliphatic carboxylic acids is 1. The molecule has 0 radical (unpaired) electrons. The lowest BCUT2D eigenvalue weighted by atomic mass is 10.1. The SMILES string of the molecule is O=C(O)CCn1nccc1C(=O)N1CCN(Cc2c(F)cccc2Cl)CC1. The highest BCUT2D eigenvalue weighted by molar-refractivity contribution is 6.31. The normalized spacial score (nSPS) is 15.1. The second kappa shape index (κ2) is 8.49. The number of carboxylic acids is 1. The van der Waals surface area contributed by atoms with Gasteiger partial charge >= 0.3 is 5.97 Å². The summed E-state index contributed by atoms with van der Waals surface area (Å²) in [5.41, 5.74) is 0.840. The number of aromatic nitrogens is 2. The van der Waals surface area contributed by atoms with E-state index in [2.05, 4.69) is 10.00 Å². The van der Waals surface area contributed by atoms with Gasteiger partial charge in [-0.05, 0) is 18.2 Å². The Bertz CT molecular complexity index is 814. The zero-order chi connectivity index (χ0) is 19.4. The molecule has 1 fully saturated rings. The van der Waals surface area contributed by atoms with Crippen LogP contribution in [0.25, 0.3) is 0 Å². The largest absolute Gasteiger partial charge is 0.481 e. The molecule has 1 aromatic heterocycles. The highest BCUT2D eigenvalue weighted by Crippen LogP contribution is 2.21. The van der Waals surface area contributed by atoms with Crippen LogP contribution in [0.4, 0.5) is 4.39 Å². The third-order valence-corrected chi connectivity index (χ3v) is 4.93. The Kier molecular flexibility index (Phi) is 6.08. The predicted molar refractivity (Wildman–Crippen MR) is 97.1 cm³/mol. The lowest BCUT2D eigenvalue weighted by Gasteiger charge is -2.35. The molecule has 1 aliphatic heterocycles. The highest BCUT2D eigenvalue weighted by Gasteiger charge is 2.25. The smallest absolute Gasteiger partial charge is 0.305 e. The Morgan fingerprint density at radius 1 is 1.19 bits per heavy atom. The number of carbonyl (C=O) groups excluding carboxylic acids is 1. The van der Waals surface area contributed by atoms with Crippen LogP contribution in [0.15, 0.2) is 30.5 Å². The molecule has 2 aromatic rings. The number of amides is 1. The van der Waals surface area contributed by atoms with E-state index in [0.717, 1.165) is 0 Å². The summed E-state index contributed by atoms with van der Waals surface area (Å²) in [4.78, 5) is 27.2. The van der Waals surface area contributed by atoms with E-state index in [4.69, 9.17) is 16.7 Å². The molecule has 1 saturated heterocycles. The van der Waals surface area contributed by atoms with E-state index in [1.165, 1.54) is 16.9 Å². The first-order valence-electron chi connectivity index (χ1n) is 8.64. The van der Waals surface area contributed by atoms with Crippen LogP contribution in [0.3, 0.4) is 0 Å². The monoisotopic (exact) mass is 394 g/mol. The number of benzene rings is 1. The average Bonchev–Trinajstić information content (AvgIpc) is 3.12. The molecule has 1 aliphatic rings. The second-order valence-corrected chi connectivity index (χ2v) is 6.76. The number of hydrogen-bond acceptors (Lipinski definition) is 4. The molecular weight excluding hydrogens is 375 g/mol. The molecule has 0 spiro atoms. The molecule has 0 bridgehead atoms. The fraction of sp³-hybridized carbons (Fsp3) is 0.389. The highest BCUT2D eigenvalue weighted by atomic mass is 35.5. The van der Waals surface area contributed by atoms with Gasteiger partial charge in [-0.1, -0.05) is 17.7 Å². The number of nitrogens with zero attached hydrogens (tertiary/aromatic N) is 4. The van der Waals surface area contributed by atoms with E-state index in [1.807, 2.05) is 0 Å². The number of piperazine rings is 1. The van der Waals surface area contributed by atoms with Gasteiger partial charge in [-0.2, -0.15) is 5.10 Å². The Morgan fingerprint density at radius 2 is 1.93 bits per heavy atom. The number of aryl methyl sites for hydroxylation is 1. The van der Waals surface area contributed by atoms with Gasteiger partial charge in [0.15, 0.2) is 0 Å². The fourth-order valence-corrected chi connectivity index (χ4v) is 3.29. The fourth-order valence-electron chi connectivity index (χ4n) is 3.07. The third kappa shape index (κ3) is 4.64. The van der Waals surface area contributed by atoms with Crippen LogP contribution in [-0.4, -0.2) is 62.7 Å². The molecule has 27 heavy (non-hydrogen) atoms. The average molecular weight is 395 g/mol. The first kappa shape index (κ1) is 19.3. The van der Waals surface area contributed by atoms with Gasteiger partial charge in [0.05, 0.1) is 13.0 Å². The van der Waals surface area contributed by atoms with E-state index in [-0.39, 0.29) is 24.7 Å². The van der Waals surface area contributed by atoms with E-state index < -0.39 is 5.97 Å². The van der Waals surface area contributed by atoms with Crippen LogP contribution in [0.1, 0.15) is 22.5 Å². The van der Waals surface area contributed by atoms with Gasteiger partial charge in [0.25, 0.3) is 5.91 Å². The molecule has 7 nitrogen and oxygen atoms in total. The van der Waals surface area contributed by atoms with Crippen molar-refractivity contribution in [2.75, 3.05) is 26.2 Å². The molecule has 144 valence electrons. The predicted octanol–water partition coefficient (Wildman–Crippen LogP) is 2.11. The van der Waals surface area contributed by atoms with Crippen molar-refractivity contribution in [1.82, 2.24) is 19.6 Å². The van der Waals surface area contributed by atoms with Gasteiger partial charge in [-0.15, -0.1) is 0 Å². The van der Waals surface area contributed by atoms with Gasteiger partial charge in [0.1, 0.15) is 11.5 Å². The molecule has 2 heterocycles. The van der Waals surface area contributed by atoms with Crippen LogP contribution in [0, 0.1) is 5.82 Å².